The van der Waals surface area contributed by atoms with E-state index in [9.17, 15) is 0 Å². The van der Waals surface area contributed by atoms with Crippen molar-refractivity contribution < 1.29 is 4.43 Å². The Balaban J connectivity index is 4.40. The normalized spacial score (nSPS) is 12.7. The second-order valence-corrected chi connectivity index (χ2v) is 13.0. The fourth-order valence-corrected chi connectivity index (χ4v) is 6.86. The second kappa shape index (κ2) is 17.0. The molecule has 0 unspecified atom stereocenters. The summed E-state index contributed by atoms with van der Waals surface area (Å²) in [5.41, 5.74) is 0. The minimum Gasteiger partial charge on any atom is -0.420 e. The predicted octanol–water partition coefficient (Wildman–Crippen LogP) is 4.77. The zero-order valence-corrected chi connectivity index (χ0v) is 20.9. The molecule has 0 atom stereocenters. The maximum atomic E-state index is 6.00. The lowest BCUT2D eigenvalue weighted by molar-refractivity contribution is 0.226. The number of rotatable bonds is 19. The van der Waals surface area contributed by atoms with E-state index in [0.29, 0.717) is 0 Å². The molecule has 0 aromatic rings. The highest BCUT2D eigenvalue weighted by molar-refractivity contribution is 6.73. The Morgan fingerprint density at radius 3 is 1.44 bits per heavy atom. The van der Waals surface area contributed by atoms with Crippen LogP contribution in [0.15, 0.2) is 0 Å². The highest BCUT2D eigenvalue weighted by Gasteiger charge is 2.28. The van der Waals surface area contributed by atoms with Gasteiger partial charge in [0.1, 0.15) is 0 Å². The van der Waals surface area contributed by atoms with Crippen LogP contribution in [0.3, 0.4) is 0 Å². The van der Waals surface area contributed by atoms with E-state index in [2.05, 4.69) is 56.5 Å². The molecule has 0 N–H and O–H groups in total. The van der Waals surface area contributed by atoms with Crippen molar-refractivity contribution >= 4 is 8.32 Å². The highest BCUT2D eigenvalue weighted by atomic mass is 28.4. The molecule has 4 nitrogen and oxygen atoms in total. The minimum atomic E-state index is -1.45. The number of nitrogens with zero attached hydrogens (tertiary/aromatic N) is 3. The molecular formula is C22H51N3OSi. The molecule has 0 aromatic carbocycles. The van der Waals surface area contributed by atoms with Gasteiger partial charge in [-0.3, -0.25) is 0 Å². The van der Waals surface area contributed by atoms with Crippen molar-refractivity contribution in [3.05, 3.63) is 0 Å². The molecule has 0 fully saturated rings. The van der Waals surface area contributed by atoms with Gasteiger partial charge in [-0.1, -0.05) is 27.7 Å². The molecule has 0 saturated heterocycles. The van der Waals surface area contributed by atoms with E-state index in [0.717, 1.165) is 0 Å². The lowest BCUT2D eigenvalue weighted by Crippen LogP contribution is -2.37. The van der Waals surface area contributed by atoms with E-state index in [-0.39, 0.29) is 0 Å². The van der Waals surface area contributed by atoms with Crippen LogP contribution in [0, 0.1) is 0 Å². The summed E-state index contributed by atoms with van der Waals surface area (Å²) >= 11 is 0. The average molecular weight is 402 g/mol. The molecule has 0 amide bonds. The smallest absolute Gasteiger partial charge is 0.191 e. The van der Waals surface area contributed by atoms with Crippen molar-refractivity contribution in [3.8, 4) is 0 Å². The fraction of sp³-hybridized carbons (Fsp3) is 1.00. The van der Waals surface area contributed by atoms with Gasteiger partial charge in [-0.15, -0.1) is 0 Å². The van der Waals surface area contributed by atoms with Crippen LogP contribution < -0.4 is 0 Å². The molecule has 0 aliphatic carbocycles. The van der Waals surface area contributed by atoms with Gasteiger partial charge in [0.15, 0.2) is 8.32 Å². The third-order valence-electron chi connectivity index (χ3n) is 6.07. The summed E-state index contributed by atoms with van der Waals surface area (Å²) in [5.74, 6) is 0. The van der Waals surface area contributed by atoms with Crippen LogP contribution in [0.4, 0.5) is 0 Å². The van der Waals surface area contributed by atoms with Crippen LogP contribution in [0.2, 0.25) is 18.1 Å². The summed E-state index contributed by atoms with van der Waals surface area (Å²) < 4.78 is 6.00. The molecule has 0 aromatic heterocycles. The van der Waals surface area contributed by atoms with Crippen LogP contribution in [-0.2, 0) is 4.43 Å². The number of hydrogen-bond acceptors (Lipinski definition) is 4. The van der Waals surface area contributed by atoms with Crippen LogP contribution in [0.5, 0.6) is 0 Å². The first kappa shape index (κ1) is 27.1. The monoisotopic (exact) mass is 401 g/mol. The zero-order valence-electron chi connectivity index (χ0n) is 19.9. The molecule has 0 aliphatic heterocycles. The third kappa shape index (κ3) is 13.0. The van der Waals surface area contributed by atoms with Gasteiger partial charge in [0.2, 0.25) is 0 Å². The zero-order chi connectivity index (χ0) is 20.5. The first-order valence-corrected chi connectivity index (χ1v) is 14.1. The summed E-state index contributed by atoms with van der Waals surface area (Å²) in [7, 11) is 5.02. The molecule has 5 heteroatoms. The average Bonchev–Trinajstić information content (AvgIpc) is 2.65. The second-order valence-electron chi connectivity index (χ2n) is 8.35. The van der Waals surface area contributed by atoms with Gasteiger partial charge in [0.25, 0.3) is 0 Å². The van der Waals surface area contributed by atoms with Crippen LogP contribution in [-0.4, -0.2) is 90.0 Å². The molecule has 164 valence electrons. The maximum Gasteiger partial charge on any atom is 0.191 e. The molecule has 27 heavy (non-hydrogen) atoms. The quantitative estimate of drug-likeness (QED) is 0.290. The van der Waals surface area contributed by atoms with Crippen molar-refractivity contribution in [3.63, 3.8) is 0 Å². The van der Waals surface area contributed by atoms with Gasteiger partial charge in [0.05, 0.1) is 0 Å². The van der Waals surface area contributed by atoms with E-state index < -0.39 is 8.32 Å². The van der Waals surface area contributed by atoms with Gasteiger partial charge in [-0.25, -0.2) is 0 Å². The highest BCUT2D eigenvalue weighted by Crippen LogP contribution is 2.23. The van der Waals surface area contributed by atoms with E-state index in [4.69, 9.17) is 4.43 Å². The van der Waals surface area contributed by atoms with E-state index in [1.54, 1.807) is 0 Å². The predicted molar refractivity (Wildman–Crippen MR) is 124 cm³/mol. The van der Waals surface area contributed by atoms with Gasteiger partial charge in [-0.2, -0.15) is 0 Å². The molecule has 0 saturated carbocycles. The topological polar surface area (TPSA) is 19.0 Å². The molecule has 0 radical (unpaired) electrons. The van der Waals surface area contributed by atoms with E-state index in [1.807, 2.05) is 7.11 Å². The molecule has 0 spiro atoms. The maximum absolute atomic E-state index is 6.00. The summed E-state index contributed by atoms with van der Waals surface area (Å²) in [6.07, 6.45) is 6.38. The summed E-state index contributed by atoms with van der Waals surface area (Å²) in [5, 5.41) is 0. The Labute approximate surface area is 172 Å². The molecule has 0 aliphatic rings. The molecule has 0 rings (SSSR count). The van der Waals surface area contributed by atoms with Gasteiger partial charge < -0.3 is 19.1 Å². The Morgan fingerprint density at radius 1 is 0.630 bits per heavy atom. The Bertz CT molecular complexity index is 300. The SMILES string of the molecule is CCCN(C)CCCN(CCCN(C)CCC)CCC[Si](CC)(CC)OC. The van der Waals surface area contributed by atoms with Crippen molar-refractivity contribution in [1.29, 1.82) is 0 Å². The lowest BCUT2D eigenvalue weighted by Gasteiger charge is -2.29. The van der Waals surface area contributed by atoms with Crippen LogP contribution in [0.25, 0.3) is 0 Å². The molecule has 0 bridgehead atoms. The largest absolute Gasteiger partial charge is 0.420 e. The Kier molecular flexibility index (Phi) is 17.0. The van der Waals surface area contributed by atoms with Gasteiger partial charge in [0, 0.05) is 7.11 Å². The van der Waals surface area contributed by atoms with Crippen molar-refractivity contribution in [1.82, 2.24) is 14.7 Å². The number of hydrogen-bond donors (Lipinski definition) is 0. The summed E-state index contributed by atoms with van der Waals surface area (Å²) in [6.45, 7) is 17.8. The molecule has 0 heterocycles. The minimum absolute atomic E-state index is 1.22. The third-order valence-corrected chi connectivity index (χ3v) is 10.8. The van der Waals surface area contributed by atoms with E-state index in [1.165, 1.54) is 96.0 Å². The summed E-state index contributed by atoms with van der Waals surface area (Å²) in [6, 6.07) is 3.83. The van der Waals surface area contributed by atoms with Crippen LogP contribution in [0.1, 0.15) is 59.8 Å². The lowest BCUT2D eigenvalue weighted by atomic mass is 10.2. The Morgan fingerprint density at radius 2 is 1.07 bits per heavy atom. The van der Waals surface area contributed by atoms with Crippen LogP contribution >= 0.6 is 0 Å². The first-order chi connectivity index (χ1) is 13.0. The fourth-order valence-electron chi connectivity index (χ4n) is 4.07. The van der Waals surface area contributed by atoms with E-state index >= 15 is 0 Å². The van der Waals surface area contributed by atoms with Crippen molar-refractivity contribution in [2.45, 2.75) is 77.9 Å². The van der Waals surface area contributed by atoms with Crippen molar-refractivity contribution in [2.24, 2.45) is 0 Å². The Hall–Kier alpha value is 0.0569. The van der Waals surface area contributed by atoms with Gasteiger partial charge >= 0.3 is 0 Å². The summed E-state index contributed by atoms with van der Waals surface area (Å²) in [4.78, 5) is 7.67. The molecular weight excluding hydrogens is 350 g/mol. The standard InChI is InChI=1S/C22H51N3OSi/c1-8-15-23(5)17-12-19-25(20-13-18-24(6)16-9-2)21-14-22-27(10-3,11-4)26-7/h8-22H2,1-7H3. The van der Waals surface area contributed by atoms with Crippen molar-refractivity contribution in [2.75, 3.05) is 67.0 Å². The first-order valence-electron chi connectivity index (χ1n) is 11.6. The van der Waals surface area contributed by atoms with Gasteiger partial charge in [-0.05, 0) is 110 Å².